The van der Waals surface area contributed by atoms with Gasteiger partial charge in [-0.15, -0.1) is 0 Å². The van der Waals surface area contributed by atoms with E-state index in [9.17, 15) is 4.79 Å². The summed E-state index contributed by atoms with van der Waals surface area (Å²) >= 11 is 0. The summed E-state index contributed by atoms with van der Waals surface area (Å²) in [5.41, 5.74) is 4.12. The van der Waals surface area contributed by atoms with Crippen LogP contribution in [0.1, 0.15) is 5.56 Å². The van der Waals surface area contributed by atoms with Crippen LogP contribution in [-0.4, -0.2) is 11.5 Å². The lowest BCUT2D eigenvalue weighted by molar-refractivity contribution is 0.997. The van der Waals surface area contributed by atoms with Gasteiger partial charge in [0.05, 0.1) is 5.69 Å². The normalized spacial score (nSPS) is 13.0. The number of hydrogen-bond donors (Lipinski definition) is 2. The minimum Gasteiger partial charge on any atom is -0.341 e. The van der Waals surface area contributed by atoms with Gasteiger partial charge in [0.2, 0.25) is 0 Å². The molecule has 2 aromatic carbocycles. The number of nitrogens with one attached hydrogen (secondary N) is 2. The van der Waals surface area contributed by atoms with E-state index in [2.05, 4.69) is 27.3 Å². The van der Waals surface area contributed by atoms with Gasteiger partial charge in [0.15, 0.2) is 0 Å². The van der Waals surface area contributed by atoms with Crippen molar-refractivity contribution in [2.75, 3.05) is 16.8 Å². The molecule has 2 N–H and O–H groups in total. The van der Waals surface area contributed by atoms with Crippen LogP contribution in [0.15, 0.2) is 71.5 Å². The molecule has 0 unspecified atom stereocenters. The number of pyridine rings is 1. The summed E-state index contributed by atoms with van der Waals surface area (Å²) in [6.07, 6.45) is 0.899. The molecule has 0 spiro atoms. The van der Waals surface area contributed by atoms with Gasteiger partial charge in [-0.1, -0.05) is 36.4 Å². The smallest absolute Gasteiger partial charge is 0.251 e. The third kappa shape index (κ3) is 2.59. The van der Waals surface area contributed by atoms with Crippen LogP contribution in [-0.2, 0) is 6.42 Å². The molecule has 1 aliphatic heterocycles. The predicted molar refractivity (Wildman–Crippen MR) is 93.9 cm³/mol. The van der Waals surface area contributed by atoms with Crippen LogP contribution in [0.4, 0.5) is 22.9 Å². The summed E-state index contributed by atoms with van der Waals surface area (Å²) in [5.74, 6) is 0.789. The number of nitrogens with zero attached hydrogens (tertiary/aromatic N) is 1. The number of benzene rings is 2. The highest BCUT2D eigenvalue weighted by atomic mass is 16.1. The highest BCUT2D eigenvalue weighted by molar-refractivity contribution is 5.76. The van der Waals surface area contributed by atoms with E-state index in [1.54, 1.807) is 6.07 Å². The molecule has 2 heterocycles. The molecule has 0 saturated carbocycles. The molecular formula is C19H17N3O. The second-order valence-electron chi connectivity index (χ2n) is 5.60. The van der Waals surface area contributed by atoms with Crippen LogP contribution >= 0.6 is 0 Å². The number of rotatable bonds is 3. The molecule has 3 aromatic rings. The molecule has 0 aliphatic carbocycles. The lowest BCUT2D eigenvalue weighted by Crippen LogP contribution is -2.15. The Morgan fingerprint density at radius 3 is 2.39 bits per heavy atom. The molecule has 0 atom stereocenters. The van der Waals surface area contributed by atoms with Gasteiger partial charge < -0.3 is 15.2 Å². The van der Waals surface area contributed by atoms with Crippen LogP contribution in [0.25, 0.3) is 0 Å². The van der Waals surface area contributed by atoms with E-state index in [0.717, 1.165) is 41.4 Å². The largest absolute Gasteiger partial charge is 0.341 e. The summed E-state index contributed by atoms with van der Waals surface area (Å²) in [5, 5.41) is 3.33. The minimum atomic E-state index is -0.0926. The highest BCUT2D eigenvalue weighted by Crippen LogP contribution is 2.36. The molecule has 0 saturated heterocycles. The fourth-order valence-corrected chi connectivity index (χ4v) is 3.06. The minimum absolute atomic E-state index is 0.0926. The first kappa shape index (κ1) is 13.6. The van der Waals surface area contributed by atoms with E-state index in [-0.39, 0.29) is 5.56 Å². The van der Waals surface area contributed by atoms with Crippen molar-refractivity contribution >= 4 is 22.9 Å². The van der Waals surface area contributed by atoms with Crippen molar-refractivity contribution in [3.05, 3.63) is 82.6 Å². The first-order chi connectivity index (χ1) is 11.3. The van der Waals surface area contributed by atoms with E-state index in [4.69, 9.17) is 0 Å². The average molecular weight is 303 g/mol. The topological polar surface area (TPSA) is 48.1 Å². The van der Waals surface area contributed by atoms with Crippen LogP contribution < -0.4 is 15.8 Å². The summed E-state index contributed by atoms with van der Waals surface area (Å²) < 4.78 is 0. The Hall–Kier alpha value is -3.01. The Morgan fingerprint density at radius 1 is 0.957 bits per heavy atom. The number of anilines is 4. The molecule has 0 fully saturated rings. The number of hydrogen-bond acceptors (Lipinski definition) is 3. The van der Waals surface area contributed by atoms with Gasteiger partial charge in [-0.05, 0) is 30.7 Å². The standard InChI is InChI=1S/C19H17N3O/c23-18-13-17-16(11-12-22(17)15-9-5-2-6-10-15)19(21-18)20-14-7-3-1-4-8-14/h1-10,13H,11-12H2,(H2,20,21,23). The van der Waals surface area contributed by atoms with Crippen molar-refractivity contribution in [1.29, 1.82) is 0 Å². The van der Waals surface area contributed by atoms with Gasteiger partial charge in [0.25, 0.3) is 5.56 Å². The maximum absolute atomic E-state index is 12.1. The summed E-state index contributed by atoms with van der Waals surface area (Å²) in [6, 6.07) is 21.8. The maximum atomic E-state index is 12.1. The monoisotopic (exact) mass is 303 g/mol. The van der Waals surface area contributed by atoms with E-state index in [0.29, 0.717) is 0 Å². The first-order valence-corrected chi connectivity index (χ1v) is 7.72. The molecule has 0 amide bonds. The zero-order valence-corrected chi connectivity index (χ0v) is 12.6. The molecule has 4 nitrogen and oxygen atoms in total. The number of para-hydroxylation sites is 2. The molecule has 1 aromatic heterocycles. The number of aromatic nitrogens is 1. The van der Waals surface area contributed by atoms with Gasteiger partial charge >= 0.3 is 0 Å². The third-order valence-electron chi connectivity index (χ3n) is 4.11. The van der Waals surface area contributed by atoms with Crippen molar-refractivity contribution in [3.8, 4) is 0 Å². The molecule has 0 radical (unpaired) electrons. The van der Waals surface area contributed by atoms with Crippen LogP contribution in [0.5, 0.6) is 0 Å². The Kier molecular flexibility index (Phi) is 3.35. The SMILES string of the molecule is O=c1cc2c(c(Nc3ccccc3)[nH]1)CCN2c1ccccc1. The molecule has 4 heteroatoms. The quantitative estimate of drug-likeness (QED) is 0.773. The van der Waals surface area contributed by atoms with Gasteiger partial charge in [-0.25, -0.2) is 0 Å². The molecule has 0 bridgehead atoms. The fraction of sp³-hybridized carbons (Fsp3) is 0.105. The molecule has 114 valence electrons. The van der Waals surface area contributed by atoms with Gasteiger partial charge in [0.1, 0.15) is 5.82 Å². The Bertz CT molecular complexity index is 872. The van der Waals surface area contributed by atoms with Crippen molar-refractivity contribution in [3.63, 3.8) is 0 Å². The van der Waals surface area contributed by atoms with E-state index in [1.807, 2.05) is 48.5 Å². The zero-order valence-electron chi connectivity index (χ0n) is 12.6. The zero-order chi connectivity index (χ0) is 15.6. The third-order valence-corrected chi connectivity index (χ3v) is 4.11. The molecule has 23 heavy (non-hydrogen) atoms. The highest BCUT2D eigenvalue weighted by Gasteiger charge is 2.24. The first-order valence-electron chi connectivity index (χ1n) is 7.72. The molecule has 4 rings (SSSR count). The predicted octanol–water partition coefficient (Wildman–Crippen LogP) is 3.81. The number of fused-ring (bicyclic) bond motifs is 1. The summed E-state index contributed by atoms with van der Waals surface area (Å²) in [6.45, 7) is 0.875. The van der Waals surface area contributed by atoms with E-state index < -0.39 is 0 Å². The fourth-order valence-electron chi connectivity index (χ4n) is 3.06. The Balaban J connectivity index is 1.76. The van der Waals surface area contributed by atoms with Gasteiger partial charge in [-0.2, -0.15) is 0 Å². The lowest BCUT2D eigenvalue weighted by atomic mass is 10.2. The van der Waals surface area contributed by atoms with Crippen LogP contribution in [0, 0.1) is 0 Å². The summed E-state index contributed by atoms with van der Waals surface area (Å²) in [4.78, 5) is 17.2. The van der Waals surface area contributed by atoms with Crippen molar-refractivity contribution in [2.24, 2.45) is 0 Å². The Morgan fingerprint density at radius 2 is 1.65 bits per heavy atom. The van der Waals surface area contributed by atoms with Crippen LogP contribution in [0.3, 0.4) is 0 Å². The summed E-state index contributed by atoms with van der Waals surface area (Å²) in [7, 11) is 0. The number of aromatic amines is 1. The molecule has 1 aliphatic rings. The van der Waals surface area contributed by atoms with E-state index >= 15 is 0 Å². The van der Waals surface area contributed by atoms with E-state index in [1.165, 1.54) is 0 Å². The average Bonchev–Trinajstić information content (AvgIpc) is 3.00. The van der Waals surface area contributed by atoms with Gasteiger partial charge in [-0.3, -0.25) is 4.79 Å². The molecular weight excluding hydrogens is 286 g/mol. The maximum Gasteiger partial charge on any atom is 0.251 e. The second-order valence-corrected chi connectivity index (χ2v) is 5.60. The van der Waals surface area contributed by atoms with Crippen LogP contribution in [0.2, 0.25) is 0 Å². The second kappa shape index (κ2) is 5.65. The van der Waals surface area contributed by atoms with Gasteiger partial charge in [0, 0.05) is 29.5 Å². The number of H-pyrrole nitrogens is 1. The lowest BCUT2D eigenvalue weighted by Gasteiger charge is -2.19. The van der Waals surface area contributed by atoms with Crippen molar-refractivity contribution in [1.82, 2.24) is 4.98 Å². The Labute approximate surface area is 134 Å². The van der Waals surface area contributed by atoms with Crippen molar-refractivity contribution < 1.29 is 0 Å². The van der Waals surface area contributed by atoms with Crippen molar-refractivity contribution in [2.45, 2.75) is 6.42 Å².